The molecule has 3 rings (SSSR count). The molecule has 1 heterocycles. The van der Waals surface area contributed by atoms with Gasteiger partial charge in [-0.1, -0.05) is 24.3 Å². The molecule has 1 amide bonds. The van der Waals surface area contributed by atoms with Crippen LogP contribution in [0, 0.1) is 13.8 Å². The summed E-state index contributed by atoms with van der Waals surface area (Å²) in [6.45, 7) is 8.22. The molecule has 0 radical (unpaired) electrons. The second-order valence-electron chi connectivity index (χ2n) is 8.93. The Balaban J connectivity index is 1.64. The van der Waals surface area contributed by atoms with Crippen molar-refractivity contribution >= 4 is 21.6 Å². The van der Waals surface area contributed by atoms with Gasteiger partial charge in [0.1, 0.15) is 11.4 Å². The summed E-state index contributed by atoms with van der Waals surface area (Å²) in [4.78, 5) is 12.7. The van der Waals surface area contributed by atoms with Gasteiger partial charge in [0.05, 0.1) is 18.0 Å². The molecule has 0 fully saturated rings. The summed E-state index contributed by atoms with van der Waals surface area (Å²) in [6, 6.07) is 13.2. The molecule has 0 saturated carbocycles. The molecule has 0 unspecified atom stereocenters. The van der Waals surface area contributed by atoms with Crippen molar-refractivity contribution in [2.75, 3.05) is 17.1 Å². The Morgan fingerprint density at radius 3 is 2.55 bits per heavy atom. The van der Waals surface area contributed by atoms with E-state index in [-0.39, 0.29) is 30.5 Å². The van der Waals surface area contributed by atoms with Crippen molar-refractivity contribution in [1.82, 2.24) is 5.32 Å². The number of rotatable bonds is 7. The Kier molecular flexibility index (Phi) is 6.65. The van der Waals surface area contributed by atoms with Crippen LogP contribution in [-0.2, 0) is 14.8 Å². The first kappa shape index (κ1) is 23.1. The number of fused-ring (bicyclic) bond motifs is 1. The zero-order valence-electron chi connectivity index (χ0n) is 18.9. The van der Waals surface area contributed by atoms with Gasteiger partial charge in [-0.3, -0.25) is 9.10 Å². The normalized spacial score (nSPS) is 17.4. The number of para-hydroxylation sites is 1. The second-order valence-corrected chi connectivity index (χ2v) is 10.8. The molecule has 0 aliphatic carbocycles. The third-order valence-electron chi connectivity index (χ3n) is 5.66. The number of nitrogens with one attached hydrogen (secondary N) is 1. The highest BCUT2D eigenvalue weighted by molar-refractivity contribution is 7.92. The minimum Gasteiger partial charge on any atom is -0.487 e. The van der Waals surface area contributed by atoms with Crippen LogP contribution in [0.3, 0.4) is 0 Å². The monoisotopic (exact) mass is 444 g/mol. The minimum absolute atomic E-state index is 0.0916. The molecule has 2 aromatic rings. The molecule has 0 bridgehead atoms. The Hall–Kier alpha value is -2.54. The lowest BCUT2D eigenvalue weighted by Crippen LogP contribution is -2.41. The van der Waals surface area contributed by atoms with Crippen LogP contribution in [0.1, 0.15) is 55.8 Å². The Morgan fingerprint density at radius 2 is 1.87 bits per heavy atom. The standard InChI is InChI=1S/C24H32N2O4S/c1-17-12-13-19(15-18(17)2)26(31(5,28)29)14-8-11-23(27)25-21-16-24(3,4)30-22-10-7-6-9-20(21)22/h6-7,9-10,12-13,15,21H,8,11,14,16H2,1-5H3,(H,25,27)/t21-/m1/s1. The van der Waals surface area contributed by atoms with Crippen molar-refractivity contribution in [2.24, 2.45) is 0 Å². The number of hydrogen-bond acceptors (Lipinski definition) is 4. The first-order chi connectivity index (χ1) is 14.5. The number of nitrogens with zero attached hydrogens (tertiary/aromatic N) is 1. The van der Waals surface area contributed by atoms with Crippen molar-refractivity contribution in [2.45, 2.75) is 58.6 Å². The number of aryl methyl sites for hydroxylation is 2. The van der Waals surface area contributed by atoms with Gasteiger partial charge in [0, 0.05) is 24.9 Å². The molecule has 1 aliphatic heterocycles. The predicted molar refractivity (Wildman–Crippen MR) is 124 cm³/mol. The maximum atomic E-state index is 12.7. The summed E-state index contributed by atoms with van der Waals surface area (Å²) >= 11 is 0. The summed E-state index contributed by atoms with van der Waals surface area (Å²) in [5.74, 6) is 0.702. The van der Waals surface area contributed by atoms with Crippen LogP contribution in [-0.4, -0.2) is 32.7 Å². The predicted octanol–water partition coefficient (Wildman–Crippen LogP) is 4.27. The molecule has 1 aliphatic rings. The van der Waals surface area contributed by atoms with E-state index < -0.39 is 10.0 Å². The number of carbonyl (C=O) groups excluding carboxylic acids is 1. The minimum atomic E-state index is -3.44. The molecule has 7 heteroatoms. The van der Waals surface area contributed by atoms with Crippen LogP contribution in [0.25, 0.3) is 0 Å². The quantitative estimate of drug-likeness (QED) is 0.692. The Morgan fingerprint density at radius 1 is 1.16 bits per heavy atom. The summed E-state index contributed by atoms with van der Waals surface area (Å²) in [6.07, 6.45) is 2.55. The Bertz CT molecular complexity index is 1060. The fourth-order valence-corrected chi connectivity index (χ4v) is 4.91. The topological polar surface area (TPSA) is 75.7 Å². The van der Waals surface area contributed by atoms with E-state index in [1.54, 1.807) is 0 Å². The molecule has 168 valence electrons. The number of hydrogen-bond donors (Lipinski definition) is 1. The van der Waals surface area contributed by atoms with Gasteiger partial charge in [-0.15, -0.1) is 0 Å². The number of carbonyl (C=O) groups is 1. The molecule has 6 nitrogen and oxygen atoms in total. The fraction of sp³-hybridized carbons (Fsp3) is 0.458. The van der Waals surface area contributed by atoms with Gasteiger partial charge in [-0.25, -0.2) is 8.42 Å². The number of benzene rings is 2. The van der Waals surface area contributed by atoms with Gasteiger partial charge in [0.2, 0.25) is 15.9 Å². The first-order valence-corrected chi connectivity index (χ1v) is 12.4. The molecule has 1 atom stereocenters. The third kappa shape index (κ3) is 5.79. The highest BCUT2D eigenvalue weighted by Crippen LogP contribution is 2.39. The van der Waals surface area contributed by atoms with E-state index in [1.807, 2.05) is 70.2 Å². The van der Waals surface area contributed by atoms with Crippen LogP contribution in [0.5, 0.6) is 5.75 Å². The van der Waals surface area contributed by atoms with E-state index in [0.717, 1.165) is 22.4 Å². The van der Waals surface area contributed by atoms with Crippen molar-refractivity contribution in [1.29, 1.82) is 0 Å². The average Bonchev–Trinajstić information content (AvgIpc) is 2.66. The molecular formula is C24H32N2O4S. The van der Waals surface area contributed by atoms with E-state index in [9.17, 15) is 13.2 Å². The summed E-state index contributed by atoms with van der Waals surface area (Å²) < 4.78 is 32.1. The van der Waals surface area contributed by atoms with E-state index in [0.29, 0.717) is 18.5 Å². The van der Waals surface area contributed by atoms with Crippen LogP contribution >= 0.6 is 0 Å². The first-order valence-electron chi connectivity index (χ1n) is 10.6. The average molecular weight is 445 g/mol. The third-order valence-corrected chi connectivity index (χ3v) is 6.85. The molecule has 2 aromatic carbocycles. The van der Waals surface area contributed by atoms with E-state index in [2.05, 4.69) is 5.32 Å². The molecular weight excluding hydrogens is 412 g/mol. The van der Waals surface area contributed by atoms with Crippen molar-refractivity contribution in [3.8, 4) is 5.75 Å². The lowest BCUT2D eigenvalue weighted by molar-refractivity contribution is -0.122. The number of ether oxygens (including phenoxy) is 1. The highest BCUT2D eigenvalue weighted by atomic mass is 32.2. The van der Waals surface area contributed by atoms with Crippen molar-refractivity contribution in [3.05, 3.63) is 59.2 Å². The van der Waals surface area contributed by atoms with Crippen LogP contribution in [0.2, 0.25) is 0 Å². The van der Waals surface area contributed by atoms with Crippen LogP contribution < -0.4 is 14.4 Å². The largest absolute Gasteiger partial charge is 0.487 e. The molecule has 0 saturated heterocycles. The van der Waals surface area contributed by atoms with Gasteiger partial charge >= 0.3 is 0 Å². The van der Waals surface area contributed by atoms with Crippen molar-refractivity contribution in [3.63, 3.8) is 0 Å². The molecule has 0 aromatic heterocycles. The number of amides is 1. The van der Waals surface area contributed by atoms with E-state index in [1.165, 1.54) is 10.6 Å². The fourth-order valence-electron chi connectivity index (χ4n) is 3.95. The lowest BCUT2D eigenvalue weighted by atomic mass is 9.89. The second kappa shape index (κ2) is 8.91. The number of anilines is 1. The Labute approximate surface area is 185 Å². The van der Waals surface area contributed by atoms with E-state index in [4.69, 9.17) is 4.74 Å². The van der Waals surface area contributed by atoms with Gasteiger partial charge in [-0.05, 0) is 63.4 Å². The highest BCUT2D eigenvalue weighted by Gasteiger charge is 2.34. The van der Waals surface area contributed by atoms with Gasteiger partial charge in [0.15, 0.2) is 0 Å². The SMILES string of the molecule is Cc1ccc(N(CCCC(=O)N[C@@H]2CC(C)(C)Oc3ccccc32)S(C)(=O)=O)cc1C. The maximum absolute atomic E-state index is 12.7. The molecule has 0 spiro atoms. The zero-order valence-corrected chi connectivity index (χ0v) is 19.8. The summed E-state index contributed by atoms with van der Waals surface area (Å²) in [5.41, 5.74) is 3.37. The molecule has 1 N–H and O–H groups in total. The number of sulfonamides is 1. The van der Waals surface area contributed by atoms with Gasteiger partial charge in [-0.2, -0.15) is 0 Å². The molecule has 31 heavy (non-hydrogen) atoms. The van der Waals surface area contributed by atoms with E-state index >= 15 is 0 Å². The summed E-state index contributed by atoms with van der Waals surface area (Å²) in [7, 11) is -3.44. The van der Waals surface area contributed by atoms with Crippen LogP contribution in [0.4, 0.5) is 5.69 Å². The van der Waals surface area contributed by atoms with Gasteiger partial charge < -0.3 is 10.1 Å². The van der Waals surface area contributed by atoms with Gasteiger partial charge in [0.25, 0.3) is 0 Å². The zero-order chi connectivity index (χ0) is 22.8. The smallest absolute Gasteiger partial charge is 0.232 e. The lowest BCUT2D eigenvalue weighted by Gasteiger charge is -2.37. The van der Waals surface area contributed by atoms with Crippen LogP contribution in [0.15, 0.2) is 42.5 Å². The summed E-state index contributed by atoms with van der Waals surface area (Å²) in [5, 5.41) is 3.11. The van der Waals surface area contributed by atoms with Crippen molar-refractivity contribution < 1.29 is 17.9 Å². The maximum Gasteiger partial charge on any atom is 0.232 e.